The molecule has 1 aromatic rings. The van der Waals surface area contributed by atoms with Crippen LogP contribution in [-0.4, -0.2) is 40.4 Å². The van der Waals surface area contributed by atoms with Crippen LogP contribution in [0.1, 0.15) is 16.7 Å². The second kappa shape index (κ2) is 4.72. The van der Waals surface area contributed by atoms with Crippen molar-refractivity contribution in [1.82, 2.24) is 4.90 Å². The minimum atomic E-state index is -4.90. The number of halogens is 3. The molecular formula is C13H10F3N3O3. The molecule has 22 heavy (non-hydrogen) atoms. The third-order valence-corrected chi connectivity index (χ3v) is 3.74. The van der Waals surface area contributed by atoms with E-state index < -0.39 is 18.0 Å². The first-order valence-corrected chi connectivity index (χ1v) is 6.37. The van der Waals surface area contributed by atoms with Crippen molar-refractivity contribution in [2.75, 3.05) is 11.9 Å². The average Bonchev–Trinajstić information content (AvgIpc) is 2.80. The van der Waals surface area contributed by atoms with Crippen molar-refractivity contribution in [3.8, 4) is 0 Å². The number of oxime groups is 1. The lowest BCUT2D eigenvalue weighted by molar-refractivity contribution is -0.186. The Morgan fingerprint density at radius 3 is 2.73 bits per heavy atom. The second-order valence-corrected chi connectivity index (χ2v) is 5.00. The Balaban J connectivity index is 1.95. The van der Waals surface area contributed by atoms with Gasteiger partial charge in [-0.3, -0.25) is 9.59 Å². The summed E-state index contributed by atoms with van der Waals surface area (Å²) in [7, 11) is 0. The van der Waals surface area contributed by atoms with Crippen molar-refractivity contribution in [3.63, 3.8) is 0 Å². The van der Waals surface area contributed by atoms with Crippen molar-refractivity contribution in [1.29, 1.82) is 0 Å². The molecule has 2 aliphatic heterocycles. The molecule has 3 rings (SSSR count). The van der Waals surface area contributed by atoms with Gasteiger partial charge in [0.1, 0.15) is 0 Å². The SMILES string of the molecule is O=C1Nc2c(ccc3c2CCN(C(=O)C(F)(F)F)C3)/C1=N/O. The zero-order chi connectivity index (χ0) is 16.1. The number of anilines is 1. The summed E-state index contributed by atoms with van der Waals surface area (Å²) in [6.07, 6.45) is -4.72. The predicted molar refractivity (Wildman–Crippen MR) is 68.6 cm³/mol. The number of fused-ring (bicyclic) bond motifs is 3. The van der Waals surface area contributed by atoms with Crippen LogP contribution in [0.4, 0.5) is 18.9 Å². The molecule has 0 aliphatic carbocycles. The first-order valence-electron chi connectivity index (χ1n) is 6.37. The van der Waals surface area contributed by atoms with E-state index in [2.05, 4.69) is 10.5 Å². The number of carbonyl (C=O) groups excluding carboxylic acids is 2. The van der Waals surface area contributed by atoms with Gasteiger partial charge in [-0.2, -0.15) is 13.2 Å². The molecule has 6 nitrogen and oxygen atoms in total. The number of amides is 2. The fraction of sp³-hybridized carbons (Fsp3) is 0.308. The first-order chi connectivity index (χ1) is 10.3. The van der Waals surface area contributed by atoms with Gasteiger partial charge < -0.3 is 15.4 Å². The Labute approximate surface area is 122 Å². The maximum absolute atomic E-state index is 12.5. The molecule has 0 radical (unpaired) electrons. The molecule has 116 valence electrons. The zero-order valence-electron chi connectivity index (χ0n) is 11.1. The number of hydrogen-bond donors (Lipinski definition) is 2. The summed E-state index contributed by atoms with van der Waals surface area (Å²) in [6.45, 7) is -0.272. The summed E-state index contributed by atoms with van der Waals surface area (Å²) < 4.78 is 37.5. The summed E-state index contributed by atoms with van der Waals surface area (Å²) in [4.78, 5) is 23.7. The highest BCUT2D eigenvalue weighted by Crippen LogP contribution is 2.34. The van der Waals surface area contributed by atoms with Gasteiger partial charge in [0.2, 0.25) is 0 Å². The summed E-state index contributed by atoms with van der Waals surface area (Å²) in [5.74, 6) is -2.44. The molecule has 2 aliphatic rings. The molecule has 0 atom stereocenters. The lowest BCUT2D eigenvalue weighted by atomic mass is 9.94. The van der Waals surface area contributed by atoms with E-state index >= 15 is 0 Å². The van der Waals surface area contributed by atoms with E-state index in [-0.39, 0.29) is 25.2 Å². The lowest BCUT2D eigenvalue weighted by Crippen LogP contribution is -2.43. The number of alkyl halides is 3. The first kappa shape index (κ1) is 14.4. The highest BCUT2D eigenvalue weighted by Gasteiger charge is 2.43. The largest absolute Gasteiger partial charge is 0.471 e. The smallest absolute Gasteiger partial charge is 0.410 e. The van der Waals surface area contributed by atoms with Crippen LogP contribution in [-0.2, 0) is 22.6 Å². The summed E-state index contributed by atoms with van der Waals surface area (Å²) in [5.41, 5.74) is 1.90. The number of hydrogen-bond acceptors (Lipinski definition) is 4. The van der Waals surface area contributed by atoms with Gasteiger partial charge in [-0.25, -0.2) is 0 Å². The van der Waals surface area contributed by atoms with Crippen molar-refractivity contribution >= 4 is 23.2 Å². The van der Waals surface area contributed by atoms with Crippen LogP contribution in [0, 0.1) is 0 Å². The molecule has 0 fully saturated rings. The molecule has 0 bridgehead atoms. The molecule has 0 spiro atoms. The van der Waals surface area contributed by atoms with E-state index in [1.54, 1.807) is 0 Å². The van der Waals surface area contributed by atoms with Crippen LogP contribution in [0.2, 0.25) is 0 Å². The molecule has 2 heterocycles. The minimum Gasteiger partial charge on any atom is -0.410 e. The number of nitrogens with zero attached hydrogens (tertiary/aromatic N) is 2. The number of nitrogens with one attached hydrogen (secondary N) is 1. The van der Waals surface area contributed by atoms with Crippen LogP contribution in [0.5, 0.6) is 0 Å². The van der Waals surface area contributed by atoms with Crippen molar-refractivity contribution in [3.05, 3.63) is 28.8 Å². The van der Waals surface area contributed by atoms with E-state index in [4.69, 9.17) is 5.21 Å². The highest BCUT2D eigenvalue weighted by molar-refractivity contribution is 6.53. The Morgan fingerprint density at radius 1 is 1.36 bits per heavy atom. The Morgan fingerprint density at radius 2 is 2.09 bits per heavy atom. The summed E-state index contributed by atoms with van der Waals surface area (Å²) in [5, 5.41) is 14.3. The van der Waals surface area contributed by atoms with Crippen molar-refractivity contribution in [2.24, 2.45) is 5.16 Å². The molecule has 9 heteroatoms. The number of carbonyl (C=O) groups is 2. The predicted octanol–water partition coefficient (Wildman–Crippen LogP) is 1.26. The van der Waals surface area contributed by atoms with Gasteiger partial charge in [0, 0.05) is 18.7 Å². The topological polar surface area (TPSA) is 82.0 Å². The zero-order valence-corrected chi connectivity index (χ0v) is 11.1. The molecule has 2 amide bonds. The fourth-order valence-electron chi connectivity index (χ4n) is 2.74. The van der Waals surface area contributed by atoms with E-state index in [1.807, 2.05) is 0 Å². The Kier molecular flexibility index (Phi) is 3.08. The van der Waals surface area contributed by atoms with Crippen LogP contribution >= 0.6 is 0 Å². The van der Waals surface area contributed by atoms with Crippen molar-refractivity contribution in [2.45, 2.75) is 19.1 Å². The minimum absolute atomic E-state index is 0.0940. The Bertz CT molecular complexity index is 712. The fourth-order valence-corrected chi connectivity index (χ4v) is 2.74. The molecule has 0 unspecified atom stereocenters. The van der Waals surface area contributed by atoms with Gasteiger partial charge in [-0.1, -0.05) is 17.3 Å². The quantitative estimate of drug-likeness (QED) is 0.559. The second-order valence-electron chi connectivity index (χ2n) is 5.00. The van der Waals surface area contributed by atoms with Gasteiger partial charge in [0.05, 0.1) is 5.69 Å². The van der Waals surface area contributed by atoms with Gasteiger partial charge in [-0.05, 0) is 17.5 Å². The number of benzene rings is 1. The summed E-state index contributed by atoms with van der Waals surface area (Å²) >= 11 is 0. The van der Waals surface area contributed by atoms with E-state index in [0.717, 1.165) is 4.90 Å². The third-order valence-electron chi connectivity index (χ3n) is 3.74. The number of rotatable bonds is 0. The van der Waals surface area contributed by atoms with Crippen LogP contribution in [0.3, 0.4) is 0 Å². The van der Waals surface area contributed by atoms with E-state index in [0.29, 0.717) is 22.4 Å². The molecule has 1 aromatic carbocycles. The normalized spacial score (nSPS) is 19.0. The van der Waals surface area contributed by atoms with E-state index in [1.165, 1.54) is 12.1 Å². The molecular weight excluding hydrogens is 303 g/mol. The van der Waals surface area contributed by atoms with Crippen LogP contribution in [0.15, 0.2) is 17.3 Å². The van der Waals surface area contributed by atoms with Crippen LogP contribution < -0.4 is 5.32 Å². The van der Waals surface area contributed by atoms with Crippen LogP contribution in [0.25, 0.3) is 0 Å². The van der Waals surface area contributed by atoms with Gasteiger partial charge in [0.15, 0.2) is 5.71 Å². The third kappa shape index (κ3) is 2.09. The maximum atomic E-state index is 12.5. The molecule has 0 aromatic heterocycles. The monoisotopic (exact) mass is 313 g/mol. The lowest BCUT2D eigenvalue weighted by Gasteiger charge is -2.30. The highest BCUT2D eigenvalue weighted by atomic mass is 19.4. The van der Waals surface area contributed by atoms with Crippen molar-refractivity contribution < 1.29 is 28.0 Å². The van der Waals surface area contributed by atoms with Gasteiger partial charge >= 0.3 is 12.1 Å². The molecule has 0 saturated carbocycles. The Hall–Kier alpha value is -2.58. The van der Waals surface area contributed by atoms with Gasteiger partial charge in [-0.15, -0.1) is 0 Å². The maximum Gasteiger partial charge on any atom is 0.471 e. The van der Waals surface area contributed by atoms with Gasteiger partial charge in [0.25, 0.3) is 5.91 Å². The molecule has 2 N–H and O–H groups in total. The average molecular weight is 313 g/mol. The standard InChI is InChI=1S/C13H10F3N3O3/c14-13(15,16)12(21)19-4-3-7-6(5-19)1-2-8-9(7)17-11(20)10(8)18-22/h1-2,22H,3-5H2,(H,17,18,20). The summed E-state index contributed by atoms with van der Waals surface area (Å²) in [6, 6.07) is 3.03. The van der Waals surface area contributed by atoms with E-state index in [9.17, 15) is 22.8 Å². The molecule has 0 saturated heterocycles.